The molecule has 1 atom stereocenters. The van der Waals surface area contributed by atoms with Crippen molar-refractivity contribution in [3.8, 4) is 11.5 Å². The van der Waals surface area contributed by atoms with Crippen LogP contribution in [0.4, 0.5) is 0 Å². The van der Waals surface area contributed by atoms with Crippen molar-refractivity contribution in [3.63, 3.8) is 0 Å². The number of nitrogens with zero attached hydrogens (tertiary/aromatic N) is 2. The number of aliphatic hydroxyl groups is 1. The second-order valence-corrected chi connectivity index (χ2v) is 7.92. The van der Waals surface area contributed by atoms with Crippen molar-refractivity contribution in [2.45, 2.75) is 6.04 Å². The van der Waals surface area contributed by atoms with E-state index in [1.54, 1.807) is 23.1 Å². The lowest BCUT2D eigenvalue weighted by Crippen LogP contribution is -2.42. The number of aliphatic hydroxyl groups excluding tert-OH is 1. The van der Waals surface area contributed by atoms with Gasteiger partial charge in [0.25, 0.3) is 11.7 Å². The van der Waals surface area contributed by atoms with Crippen LogP contribution in [0.25, 0.3) is 5.76 Å². The Kier molecular flexibility index (Phi) is 6.96. The summed E-state index contributed by atoms with van der Waals surface area (Å²) in [5.41, 5.74) is 1.13. The summed E-state index contributed by atoms with van der Waals surface area (Å²) in [6, 6.07) is 13.5. The van der Waals surface area contributed by atoms with Gasteiger partial charge in [0, 0.05) is 32.2 Å². The first-order chi connectivity index (χ1) is 16.0. The second kappa shape index (κ2) is 10.1. The number of morpholine rings is 1. The molecule has 0 saturated carbocycles. The average molecular weight is 453 g/mol. The van der Waals surface area contributed by atoms with Gasteiger partial charge in [-0.1, -0.05) is 30.3 Å². The first-order valence-electron chi connectivity index (χ1n) is 10.9. The lowest BCUT2D eigenvalue weighted by Gasteiger charge is -2.31. The van der Waals surface area contributed by atoms with Crippen LogP contribution < -0.4 is 9.47 Å². The van der Waals surface area contributed by atoms with Crippen molar-refractivity contribution in [2.75, 3.05) is 53.6 Å². The fourth-order valence-electron chi connectivity index (χ4n) is 4.31. The Hall–Kier alpha value is -3.36. The lowest BCUT2D eigenvalue weighted by molar-refractivity contribution is -0.140. The van der Waals surface area contributed by atoms with Crippen LogP contribution in [-0.2, 0) is 14.3 Å². The van der Waals surface area contributed by atoms with Gasteiger partial charge in [0.1, 0.15) is 17.3 Å². The average Bonchev–Trinajstić information content (AvgIpc) is 3.12. The van der Waals surface area contributed by atoms with Gasteiger partial charge in [-0.3, -0.25) is 14.5 Å². The lowest BCUT2D eigenvalue weighted by atomic mass is 9.95. The molecular formula is C25H28N2O6. The van der Waals surface area contributed by atoms with Crippen LogP contribution in [0.5, 0.6) is 11.5 Å². The van der Waals surface area contributed by atoms with Crippen molar-refractivity contribution >= 4 is 17.4 Å². The van der Waals surface area contributed by atoms with Crippen molar-refractivity contribution < 1.29 is 28.9 Å². The molecule has 0 aromatic heterocycles. The van der Waals surface area contributed by atoms with E-state index < -0.39 is 17.7 Å². The van der Waals surface area contributed by atoms with Crippen molar-refractivity contribution in [3.05, 3.63) is 65.2 Å². The maximum atomic E-state index is 13.2. The zero-order chi connectivity index (χ0) is 23.4. The van der Waals surface area contributed by atoms with Crippen LogP contribution in [0.2, 0.25) is 0 Å². The van der Waals surface area contributed by atoms with E-state index in [9.17, 15) is 14.7 Å². The highest BCUT2D eigenvalue weighted by Crippen LogP contribution is 2.41. The zero-order valence-electron chi connectivity index (χ0n) is 18.8. The normalized spacial score (nSPS) is 20.8. The van der Waals surface area contributed by atoms with Crippen molar-refractivity contribution in [1.82, 2.24) is 9.80 Å². The Morgan fingerprint density at radius 3 is 2.42 bits per heavy atom. The largest absolute Gasteiger partial charge is 0.507 e. The number of hydrogen-bond acceptors (Lipinski definition) is 7. The second-order valence-electron chi connectivity index (χ2n) is 7.92. The van der Waals surface area contributed by atoms with Crippen LogP contribution in [0.1, 0.15) is 17.2 Å². The summed E-state index contributed by atoms with van der Waals surface area (Å²) in [7, 11) is 3.00. The maximum absolute atomic E-state index is 13.2. The third kappa shape index (κ3) is 4.58. The van der Waals surface area contributed by atoms with Crippen LogP contribution in [0.15, 0.2) is 54.1 Å². The number of benzene rings is 2. The van der Waals surface area contributed by atoms with E-state index in [4.69, 9.17) is 14.2 Å². The van der Waals surface area contributed by atoms with Gasteiger partial charge >= 0.3 is 0 Å². The highest BCUT2D eigenvalue weighted by Gasteiger charge is 2.46. The number of carbonyl (C=O) groups is 2. The number of rotatable bonds is 7. The van der Waals surface area contributed by atoms with Crippen LogP contribution >= 0.6 is 0 Å². The fourth-order valence-corrected chi connectivity index (χ4v) is 4.31. The Labute approximate surface area is 193 Å². The molecule has 2 aromatic rings. The molecule has 1 unspecified atom stereocenters. The molecule has 4 rings (SSSR count). The molecule has 2 aliphatic rings. The van der Waals surface area contributed by atoms with Gasteiger partial charge in [0.15, 0.2) is 0 Å². The molecular weight excluding hydrogens is 424 g/mol. The van der Waals surface area contributed by atoms with E-state index in [2.05, 4.69) is 4.90 Å². The topological polar surface area (TPSA) is 88.5 Å². The summed E-state index contributed by atoms with van der Waals surface area (Å²) in [5, 5.41) is 11.3. The molecule has 2 aliphatic heterocycles. The van der Waals surface area contributed by atoms with Gasteiger partial charge in [0.05, 0.1) is 44.6 Å². The van der Waals surface area contributed by atoms with Gasteiger partial charge in [0.2, 0.25) is 0 Å². The molecule has 0 radical (unpaired) electrons. The van der Waals surface area contributed by atoms with Gasteiger partial charge in [-0.05, 0) is 17.7 Å². The predicted molar refractivity (Wildman–Crippen MR) is 122 cm³/mol. The molecule has 1 N–H and O–H groups in total. The van der Waals surface area contributed by atoms with Crippen molar-refractivity contribution in [2.24, 2.45) is 0 Å². The maximum Gasteiger partial charge on any atom is 0.295 e. The van der Waals surface area contributed by atoms with E-state index in [1.165, 1.54) is 14.2 Å². The molecule has 0 bridgehead atoms. The van der Waals surface area contributed by atoms with E-state index in [-0.39, 0.29) is 11.3 Å². The standard InChI is InChI=1S/C25H28N2O6/c1-31-18-8-9-19(20(16-18)32-2)23(28)21-22(17-6-4-3-5-7-17)27(25(30)24(21)29)11-10-26-12-14-33-15-13-26/h3-9,16,22,28H,10-15H2,1-2H3/b23-21+. The number of amides is 1. The number of methoxy groups -OCH3 is 2. The molecule has 8 heteroatoms. The highest BCUT2D eigenvalue weighted by atomic mass is 16.5. The zero-order valence-corrected chi connectivity index (χ0v) is 18.8. The van der Waals surface area contributed by atoms with Gasteiger partial charge in [-0.15, -0.1) is 0 Å². The summed E-state index contributed by atoms with van der Waals surface area (Å²) < 4.78 is 16.1. The molecule has 2 heterocycles. The fraction of sp³-hybridized carbons (Fsp3) is 0.360. The van der Waals surface area contributed by atoms with E-state index in [0.29, 0.717) is 43.4 Å². The summed E-state index contributed by atoms with van der Waals surface area (Å²) in [5.74, 6) is -0.699. The Bertz CT molecular complexity index is 1050. The summed E-state index contributed by atoms with van der Waals surface area (Å²) >= 11 is 0. The summed E-state index contributed by atoms with van der Waals surface area (Å²) in [6.07, 6.45) is 0. The van der Waals surface area contributed by atoms with E-state index >= 15 is 0 Å². The minimum atomic E-state index is -0.707. The highest BCUT2D eigenvalue weighted by molar-refractivity contribution is 6.46. The minimum absolute atomic E-state index is 0.0524. The Balaban J connectivity index is 1.75. The van der Waals surface area contributed by atoms with Gasteiger partial charge in [-0.25, -0.2) is 0 Å². The third-order valence-corrected chi connectivity index (χ3v) is 6.08. The smallest absolute Gasteiger partial charge is 0.295 e. The number of likely N-dealkylation sites (tertiary alicyclic amines) is 1. The number of ether oxygens (including phenoxy) is 3. The first-order valence-corrected chi connectivity index (χ1v) is 10.9. The predicted octanol–water partition coefficient (Wildman–Crippen LogP) is 2.46. The molecule has 2 saturated heterocycles. The van der Waals surface area contributed by atoms with Gasteiger partial charge < -0.3 is 24.2 Å². The molecule has 2 fully saturated rings. The summed E-state index contributed by atoms with van der Waals surface area (Å²) in [4.78, 5) is 30.0. The van der Waals surface area contributed by atoms with Gasteiger partial charge in [-0.2, -0.15) is 0 Å². The number of Topliss-reactive ketones (excluding diaryl/α,β-unsaturated/α-hetero) is 1. The van der Waals surface area contributed by atoms with E-state index in [0.717, 1.165) is 18.7 Å². The van der Waals surface area contributed by atoms with Crippen molar-refractivity contribution in [1.29, 1.82) is 0 Å². The monoisotopic (exact) mass is 452 g/mol. The minimum Gasteiger partial charge on any atom is -0.507 e. The molecule has 33 heavy (non-hydrogen) atoms. The Morgan fingerprint density at radius 1 is 1.03 bits per heavy atom. The molecule has 0 spiro atoms. The Morgan fingerprint density at radius 2 is 1.76 bits per heavy atom. The quantitative estimate of drug-likeness (QED) is 0.392. The SMILES string of the molecule is COc1ccc(/C(O)=C2\C(=O)C(=O)N(CCN3CCOCC3)C2c2ccccc2)c(OC)c1. The molecule has 1 amide bonds. The van der Waals surface area contributed by atoms with Crippen LogP contribution in [0, 0.1) is 0 Å². The number of hydrogen-bond donors (Lipinski definition) is 1. The number of carbonyl (C=O) groups excluding carboxylic acids is 2. The number of ketones is 1. The van der Waals surface area contributed by atoms with Crippen LogP contribution in [0.3, 0.4) is 0 Å². The van der Waals surface area contributed by atoms with E-state index in [1.807, 2.05) is 30.3 Å². The molecule has 2 aromatic carbocycles. The van der Waals surface area contributed by atoms with Crippen LogP contribution in [-0.4, -0.2) is 80.2 Å². The first kappa shape index (κ1) is 22.8. The molecule has 8 nitrogen and oxygen atoms in total. The third-order valence-electron chi connectivity index (χ3n) is 6.08. The molecule has 174 valence electrons. The molecule has 0 aliphatic carbocycles. The summed E-state index contributed by atoms with van der Waals surface area (Å²) in [6.45, 7) is 3.84.